The maximum Gasteiger partial charge on any atom is 0.287 e. The number of nitrogens with one attached hydrogen (secondary N) is 1. The summed E-state index contributed by atoms with van der Waals surface area (Å²) in [5, 5.41) is 0. The fourth-order valence-corrected chi connectivity index (χ4v) is 1.44. The van der Waals surface area contributed by atoms with Crippen molar-refractivity contribution in [2.45, 2.75) is 0 Å². The molecule has 0 saturated heterocycles. The van der Waals surface area contributed by atoms with E-state index in [4.69, 9.17) is 0 Å². The van der Waals surface area contributed by atoms with E-state index in [1.165, 1.54) is 0 Å². The number of hydrogen-bond donors (Lipinski definition) is 1. The van der Waals surface area contributed by atoms with Gasteiger partial charge in [0.2, 0.25) is 0 Å². The molecule has 0 aliphatic heterocycles. The van der Waals surface area contributed by atoms with Gasteiger partial charge in [-0.1, -0.05) is 0 Å². The fraction of sp³-hybridized carbons (Fsp3) is 0. The van der Waals surface area contributed by atoms with E-state index < -0.39 is 6.08 Å². The summed E-state index contributed by atoms with van der Waals surface area (Å²) in [6, 6.07) is 5.53. The van der Waals surface area contributed by atoms with E-state index in [9.17, 15) is 4.39 Å². The molecule has 0 aliphatic rings. The average Bonchev–Trinajstić information content (AvgIpc) is 2.27. The molecule has 1 heterocycles. The van der Waals surface area contributed by atoms with E-state index in [1.54, 1.807) is 6.07 Å². The zero-order valence-corrected chi connectivity index (χ0v) is 7.59. The van der Waals surface area contributed by atoms with E-state index in [2.05, 4.69) is 32.6 Å². The van der Waals surface area contributed by atoms with Gasteiger partial charge in [-0.15, -0.1) is 0 Å². The molecule has 0 bridgehead atoms. The van der Waals surface area contributed by atoms with E-state index in [0.717, 1.165) is 9.09 Å². The second kappa shape index (κ2) is 2.44. The van der Waals surface area contributed by atoms with Crippen LogP contribution in [0.25, 0.3) is 11.0 Å². The quantitative estimate of drug-likeness (QED) is 0.725. The minimum absolute atomic E-state index is 0.526. The Morgan fingerprint density at radius 1 is 1.45 bits per heavy atom. The van der Waals surface area contributed by atoms with Gasteiger partial charge < -0.3 is 4.98 Å². The lowest BCUT2D eigenvalue weighted by Crippen LogP contribution is -1.70. The summed E-state index contributed by atoms with van der Waals surface area (Å²) in [7, 11) is 0. The highest BCUT2D eigenvalue weighted by molar-refractivity contribution is 14.1. The summed E-state index contributed by atoms with van der Waals surface area (Å²) < 4.78 is 13.6. The van der Waals surface area contributed by atoms with Gasteiger partial charge in [-0.3, -0.25) is 0 Å². The van der Waals surface area contributed by atoms with Crippen molar-refractivity contribution in [1.82, 2.24) is 9.97 Å². The highest BCUT2D eigenvalue weighted by atomic mass is 127. The van der Waals surface area contributed by atoms with Crippen LogP contribution >= 0.6 is 22.6 Å². The third-order valence-corrected chi connectivity index (χ3v) is 2.09. The second-order valence-corrected chi connectivity index (χ2v) is 3.43. The first-order valence-corrected chi connectivity index (χ1v) is 4.14. The van der Waals surface area contributed by atoms with E-state index in [0.29, 0.717) is 5.52 Å². The summed E-state index contributed by atoms with van der Waals surface area (Å²) in [5.41, 5.74) is 1.41. The number of hydrogen-bond acceptors (Lipinski definition) is 1. The van der Waals surface area contributed by atoms with Crippen molar-refractivity contribution in [1.29, 1.82) is 0 Å². The number of halogens is 2. The molecule has 2 rings (SSSR count). The Morgan fingerprint density at radius 3 is 3.09 bits per heavy atom. The molecule has 0 atom stereocenters. The van der Waals surface area contributed by atoms with E-state index >= 15 is 0 Å². The Hall–Kier alpha value is -0.650. The molecule has 56 valence electrons. The molecule has 2 aromatic rings. The highest BCUT2D eigenvalue weighted by Crippen LogP contribution is 2.14. The van der Waals surface area contributed by atoms with Crippen LogP contribution in [-0.4, -0.2) is 9.97 Å². The molecule has 0 saturated carbocycles. The van der Waals surface area contributed by atoms with Gasteiger partial charge >= 0.3 is 0 Å². The molecule has 1 N–H and O–H groups in total. The van der Waals surface area contributed by atoms with Gasteiger partial charge in [0.1, 0.15) is 0 Å². The topological polar surface area (TPSA) is 28.7 Å². The van der Waals surface area contributed by atoms with Gasteiger partial charge in [-0.05, 0) is 40.8 Å². The third kappa shape index (κ3) is 1.22. The molecule has 1 aromatic carbocycles. The molecule has 4 heteroatoms. The van der Waals surface area contributed by atoms with E-state index in [1.807, 2.05) is 12.1 Å². The van der Waals surface area contributed by atoms with Crippen molar-refractivity contribution in [3.63, 3.8) is 0 Å². The number of aromatic nitrogens is 2. The molecule has 11 heavy (non-hydrogen) atoms. The smallest absolute Gasteiger partial charge is 0.287 e. The number of aromatic amines is 1. The summed E-state index contributed by atoms with van der Waals surface area (Å²) in [5.74, 6) is 0. The van der Waals surface area contributed by atoms with Crippen molar-refractivity contribution < 1.29 is 4.39 Å². The van der Waals surface area contributed by atoms with Crippen LogP contribution in [0.2, 0.25) is 0 Å². The fourth-order valence-electron chi connectivity index (χ4n) is 0.951. The Kier molecular flexibility index (Phi) is 1.56. The molecule has 0 unspecified atom stereocenters. The van der Waals surface area contributed by atoms with Crippen LogP contribution in [0.3, 0.4) is 0 Å². The zero-order chi connectivity index (χ0) is 7.84. The number of imidazole rings is 1. The average molecular weight is 262 g/mol. The van der Waals surface area contributed by atoms with Gasteiger partial charge in [0.15, 0.2) is 0 Å². The first kappa shape index (κ1) is 7.02. The zero-order valence-electron chi connectivity index (χ0n) is 5.44. The molecule has 0 aliphatic carbocycles. The predicted octanol–water partition coefficient (Wildman–Crippen LogP) is 2.31. The SMILES string of the molecule is Fc1nc2ccc(I)cc2[nH]1. The van der Waals surface area contributed by atoms with Crippen molar-refractivity contribution >= 4 is 33.6 Å². The number of benzene rings is 1. The Bertz CT molecular complexity index is 396. The molecule has 0 radical (unpaired) electrons. The highest BCUT2D eigenvalue weighted by Gasteiger charge is 1.99. The summed E-state index contributed by atoms with van der Waals surface area (Å²) in [4.78, 5) is 6.15. The van der Waals surface area contributed by atoms with Crippen molar-refractivity contribution in [3.05, 3.63) is 27.8 Å². The lowest BCUT2D eigenvalue weighted by atomic mass is 10.3. The van der Waals surface area contributed by atoms with Crippen LogP contribution in [0, 0.1) is 9.65 Å². The maximum atomic E-state index is 12.5. The molecular weight excluding hydrogens is 258 g/mol. The number of rotatable bonds is 0. The first-order valence-electron chi connectivity index (χ1n) is 3.06. The van der Waals surface area contributed by atoms with Gasteiger partial charge in [0.25, 0.3) is 6.08 Å². The standard InChI is InChI=1S/C7H4FIN2/c8-7-10-5-2-1-4(9)3-6(5)11-7/h1-3H,(H,10,11). The number of fused-ring (bicyclic) bond motifs is 1. The third-order valence-electron chi connectivity index (χ3n) is 1.42. The minimum Gasteiger partial charge on any atom is -0.314 e. The summed E-state index contributed by atoms with van der Waals surface area (Å²) in [6.45, 7) is 0. The van der Waals surface area contributed by atoms with Gasteiger partial charge in [-0.25, -0.2) is 4.98 Å². The van der Waals surface area contributed by atoms with Crippen molar-refractivity contribution in [2.24, 2.45) is 0 Å². The van der Waals surface area contributed by atoms with Gasteiger partial charge in [-0.2, -0.15) is 4.39 Å². The summed E-state index contributed by atoms with van der Waals surface area (Å²) in [6.07, 6.45) is -0.526. The van der Waals surface area contributed by atoms with E-state index in [-0.39, 0.29) is 0 Å². The van der Waals surface area contributed by atoms with Crippen LogP contribution < -0.4 is 0 Å². The van der Waals surface area contributed by atoms with Crippen LogP contribution in [-0.2, 0) is 0 Å². The van der Waals surface area contributed by atoms with Crippen LogP contribution in [0.5, 0.6) is 0 Å². The Balaban J connectivity index is 2.82. The molecular formula is C7H4FIN2. The summed E-state index contributed by atoms with van der Waals surface area (Å²) >= 11 is 2.17. The largest absolute Gasteiger partial charge is 0.314 e. The van der Waals surface area contributed by atoms with Gasteiger partial charge in [0.05, 0.1) is 11.0 Å². The monoisotopic (exact) mass is 262 g/mol. The van der Waals surface area contributed by atoms with Crippen molar-refractivity contribution in [3.8, 4) is 0 Å². The molecule has 0 spiro atoms. The lowest BCUT2D eigenvalue weighted by Gasteiger charge is -1.87. The number of H-pyrrole nitrogens is 1. The molecule has 2 nitrogen and oxygen atoms in total. The van der Waals surface area contributed by atoms with Crippen molar-refractivity contribution in [2.75, 3.05) is 0 Å². The normalized spacial score (nSPS) is 10.7. The van der Waals surface area contributed by atoms with Crippen LogP contribution in [0.1, 0.15) is 0 Å². The molecule has 0 amide bonds. The lowest BCUT2D eigenvalue weighted by molar-refractivity contribution is 0.556. The predicted molar refractivity (Wildman–Crippen MR) is 48.8 cm³/mol. The Morgan fingerprint density at radius 2 is 2.27 bits per heavy atom. The Labute approximate surface area is 76.0 Å². The van der Waals surface area contributed by atoms with Crippen LogP contribution in [0.15, 0.2) is 18.2 Å². The molecule has 0 fully saturated rings. The van der Waals surface area contributed by atoms with Gasteiger partial charge in [0, 0.05) is 3.57 Å². The minimum atomic E-state index is -0.526. The molecule has 1 aromatic heterocycles. The second-order valence-electron chi connectivity index (χ2n) is 2.19. The van der Waals surface area contributed by atoms with Crippen LogP contribution in [0.4, 0.5) is 4.39 Å². The maximum absolute atomic E-state index is 12.5. The number of nitrogens with zero attached hydrogens (tertiary/aromatic N) is 1. The first-order chi connectivity index (χ1) is 5.25.